The molecule has 4 rings (SSSR count). The maximum Gasteiger partial charge on any atom is 0.410 e. The number of ether oxygens (including phenoxy) is 1. The molecule has 2 aromatic heterocycles. The number of imidazole rings is 1. The molecule has 0 radical (unpaired) electrons. The zero-order valence-corrected chi connectivity index (χ0v) is 20.5. The predicted molar refractivity (Wildman–Crippen MR) is 129 cm³/mol. The molecular formula is C23H32N6O2S. The fraction of sp³-hybridized carbons (Fsp3) is 0.522. The van der Waals surface area contributed by atoms with Gasteiger partial charge in [0.15, 0.2) is 5.82 Å². The summed E-state index contributed by atoms with van der Waals surface area (Å²) >= 11 is 1.70. The average molecular weight is 457 g/mol. The fourth-order valence-electron chi connectivity index (χ4n) is 3.86. The molecule has 3 heterocycles. The smallest absolute Gasteiger partial charge is 0.410 e. The van der Waals surface area contributed by atoms with Gasteiger partial charge in [0.25, 0.3) is 0 Å². The van der Waals surface area contributed by atoms with Crippen molar-refractivity contribution < 1.29 is 9.53 Å². The van der Waals surface area contributed by atoms with Crippen molar-refractivity contribution in [1.29, 1.82) is 0 Å². The summed E-state index contributed by atoms with van der Waals surface area (Å²) < 4.78 is 5.60. The van der Waals surface area contributed by atoms with Crippen LogP contribution in [0.2, 0.25) is 0 Å². The number of hydrogen-bond acceptors (Lipinski definition) is 7. The van der Waals surface area contributed by atoms with Crippen LogP contribution in [0.15, 0.2) is 24.3 Å². The van der Waals surface area contributed by atoms with Crippen LogP contribution in [-0.4, -0.2) is 76.2 Å². The van der Waals surface area contributed by atoms with E-state index in [0.29, 0.717) is 6.54 Å². The number of anilines is 1. The number of hydrogen-bond donors (Lipinski definition) is 1. The lowest BCUT2D eigenvalue weighted by Gasteiger charge is -2.40. The van der Waals surface area contributed by atoms with Crippen molar-refractivity contribution in [2.24, 2.45) is 0 Å². The van der Waals surface area contributed by atoms with E-state index in [4.69, 9.17) is 14.7 Å². The van der Waals surface area contributed by atoms with Gasteiger partial charge in [-0.05, 0) is 53.9 Å². The predicted octanol–water partition coefficient (Wildman–Crippen LogP) is 4.19. The summed E-state index contributed by atoms with van der Waals surface area (Å²) in [5, 5.41) is 2.14. The second-order valence-corrected chi connectivity index (χ2v) is 10.6. The number of thiazole rings is 1. The molecule has 172 valence electrons. The summed E-state index contributed by atoms with van der Waals surface area (Å²) in [6, 6.07) is 8.05. The molecule has 1 atom stereocenters. The maximum atomic E-state index is 12.6. The molecule has 0 bridgehead atoms. The van der Waals surface area contributed by atoms with Crippen molar-refractivity contribution in [3.05, 3.63) is 29.3 Å². The van der Waals surface area contributed by atoms with E-state index >= 15 is 0 Å². The zero-order chi connectivity index (χ0) is 23.0. The summed E-state index contributed by atoms with van der Waals surface area (Å²) in [5.41, 5.74) is 2.31. The van der Waals surface area contributed by atoms with Gasteiger partial charge in [-0.3, -0.25) is 0 Å². The first kappa shape index (κ1) is 22.5. The molecule has 0 spiro atoms. The Morgan fingerprint density at radius 1 is 1.25 bits per heavy atom. The lowest BCUT2D eigenvalue weighted by Crippen LogP contribution is -2.55. The second kappa shape index (κ2) is 8.71. The molecule has 0 saturated carbocycles. The van der Waals surface area contributed by atoms with E-state index in [1.807, 2.05) is 64.0 Å². The van der Waals surface area contributed by atoms with E-state index in [-0.39, 0.29) is 12.1 Å². The molecule has 1 aliphatic heterocycles. The average Bonchev–Trinajstić information content (AvgIpc) is 3.29. The van der Waals surface area contributed by atoms with E-state index in [2.05, 4.69) is 21.7 Å². The molecule has 1 aliphatic rings. The van der Waals surface area contributed by atoms with E-state index in [9.17, 15) is 4.79 Å². The first-order valence-corrected chi connectivity index (χ1v) is 11.8. The molecular weight excluding hydrogens is 424 g/mol. The molecule has 9 heteroatoms. The molecule has 1 fully saturated rings. The van der Waals surface area contributed by atoms with E-state index in [1.54, 1.807) is 11.3 Å². The van der Waals surface area contributed by atoms with Gasteiger partial charge in [-0.2, -0.15) is 0 Å². The largest absolute Gasteiger partial charge is 0.444 e. The van der Waals surface area contributed by atoms with Gasteiger partial charge >= 0.3 is 6.09 Å². The number of nitrogens with one attached hydrogen (secondary N) is 1. The monoisotopic (exact) mass is 456 g/mol. The van der Waals surface area contributed by atoms with Crippen molar-refractivity contribution >= 4 is 33.5 Å². The number of amides is 1. The van der Waals surface area contributed by atoms with Gasteiger partial charge in [0, 0.05) is 32.2 Å². The van der Waals surface area contributed by atoms with Crippen LogP contribution in [0.5, 0.6) is 0 Å². The second-order valence-electron chi connectivity index (χ2n) is 9.57. The Morgan fingerprint density at radius 2 is 2.00 bits per heavy atom. The Kier molecular flexibility index (Phi) is 6.13. The minimum absolute atomic E-state index is 0.0292. The standard InChI is InChI=1S/C23H32N6O2S/c1-15-13-28(11-12-29(15)22(30)31-23(2,3)4)21-19(26-18(32-21)14-27(5)6)20-24-16-9-7-8-10-17(16)25-20/h7-10,15H,11-14H2,1-6H3,(H,24,25)/t15-/m1/s1. The van der Waals surface area contributed by atoms with Crippen LogP contribution in [-0.2, 0) is 11.3 Å². The Morgan fingerprint density at radius 3 is 2.66 bits per heavy atom. The summed E-state index contributed by atoms with van der Waals surface area (Å²) in [6.45, 7) is 10.6. The first-order valence-electron chi connectivity index (χ1n) is 10.9. The molecule has 0 unspecified atom stereocenters. The van der Waals surface area contributed by atoms with Crippen LogP contribution in [0.25, 0.3) is 22.6 Å². The van der Waals surface area contributed by atoms with Gasteiger partial charge in [0.2, 0.25) is 0 Å². The highest BCUT2D eigenvalue weighted by Gasteiger charge is 2.33. The van der Waals surface area contributed by atoms with E-state index in [0.717, 1.165) is 52.2 Å². The summed E-state index contributed by atoms with van der Waals surface area (Å²) in [4.78, 5) is 32.1. The summed E-state index contributed by atoms with van der Waals surface area (Å²) in [7, 11) is 4.09. The van der Waals surface area contributed by atoms with Crippen molar-refractivity contribution in [3.63, 3.8) is 0 Å². The number of benzene rings is 1. The first-order chi connectivity index (χ1) is 15.1. The molecule has 1 aromatic carbocycles. The molecule has 3 aromatic rings. The minimum atomic E-state index is -0.499. The number of piperazine rings is 1. The van der Waals surface area contributed by atoms with Crippen molar-refractivity contribution in [2.45, 2.75) is 45.9 Å². The van der Waals surface area contributed by atoms with Gasteiger partial charge in [0.05, 0.1) is 11.0 Å². The van der Waals surface area contributed by atoms with Gasteiger partial charge in [-0.25, -0.2) is 14.8 Å². The number of aromatic amines is 1. The number of para-hydroxylation sites is 2. The van der Waals surface area contributed by atoms with Crippen LogP contribution >= 0.6 is 11.3 Å². The maximum absolute atomic E-state index is 12.6. The van der Waals surface area contributed by atoms with Gasteiger partial charge in [0.1, 0.15) is 21.3 Å². The van der Waals surface area contributed by atoms with Crippen molar-refractivity contribution in [1.82, 2.24) is 24.8 Å². The van der Waals surface area contributed by atoms with Crippen LogP contribution in [0, 0.1) is 0 Å². The normalized spacial score (nSPS) is 17.4. The van der Waals surface area contributed by atoms with Crippen LogP contribution in [0.1, 0.15) is 32.7 Å². The lowest BCUT2D eigenvalue weighted by molar-refractivity contribution is 0.0159. The summed E-state index contributed by atoms with van der Waals surface area (Å²) in [5.74, 6) is 0.782. The van der Waals surface area contributed by atoms with Gasteiger partial charge in [-0.1, -0.05) is 23.5 Å². The SMILES string of the molecule is C[C@@H]1CN(c2sc(CN(C)C)nc2-c2nc3ccccc3[nH]2)CCN1C(=O)OC(C)(C)C. The van der Waals surface area contributed by atoms with Crippen LogP contribution < -0.4 is 4.90 Å². The molecule has 1 amide bonds. The van der Waals surface area contributed by atoms with E-state index in [1.165, 1.54) is 0 Å². The molecule has 0 aliphatic carbocycles. The number of aromatic nitrogens is 3. The fourth-order valence-corrected chi connectivity index (χ4v) is 5.08. The Bertz CT molecular complexity index is 1070. The molecule has 8 nitrogen and oxygen atoms in total. The van der Waals surface area contributed by atoms with Crippen molar-refractivity contribution in [2.75, 3.05) is 38.6 Å². The Labute approximate surface area is 193 Å². The topological polar surface area (TPSA) is 77.6 Å². The van der Waals surface area contributed by atoms with Crippen LogP contribution in [0.4, 0.5) is 9.80 Å². The molecule has 32 heavy (non-hydrogen) atoms. The zero-order valence-electron chi connectivity index (χ0n) is 19.7. The number of carbonyl (C=O) groups is 1. The number of nitrogens with zero attached hydrogens (tertiary/aromatic N) is 5. The highest BCUT2D eigenvalue weighted by atomic mass is 32.1. The highest BCUT2D eigenvalue weighted by molar-refractivity contribution is 7.16. The molecule has 1 N–H and O–H groups in total. The Balaban J connectivity index is 1.61. The summed E-state index contributed by atoms with van der Waals surface area (Å²) in [6.07, 6.45) is -0.250. The quantitative estimate of drug-likeness (QED) is 0.634. The number of carbonyl (C=O) groups excluding carboxylic acids is 1. The Hall–Kier alpha value is -2.65. The highest BCUT2D eigenvalue weighted by Crippen LogP contribution is 2.37. The van der Waals surface area contributed by atoms with Crippen molar-refractivity contribution in [3.8, 4) is 11.5 Å². The third kappa shape index (κ3) is 4.88. The minimum Gasteiger partial charge on any atom is -0.444 e. The number of rotatable bonds is 4. The van der Waals surface area contributed by atoms with Gasteiger partial charge in [-0.15, -0.1) is 0 Å². The number of fused-ring (bicyclic) bond motifs is 1. The van der Waals surface area contributed by atoms with E-state index < -0.39 is 5.60 Å². The third-order valence-corrected chi connectivity index (χ3v) is 6.36. The third-order valence-electron chi connectivity index (χ3n) is 5.26. The number of H-pyrrole nitrogens is 1. The van der Waals surface area contributed by atoms with Crippen LogP contribution in [0.3, 0.4) is 0 Å². The van der Waals surface area contributed by atoms with Gasteiger partial charge < -0.3 is 24.4 Å². The molecule has 1 saturated heterocycles. The lowest BCUT2D eigenvalue weighted by atomic mass is 10.2.